The summed E-state index contributed by atoms with van der Waals surface area (Å²) in [6.07, 6.45) is 11.1. The normalized spacial score (nSPS) is 11.9. The molecule has 0 bridgehead atoms. The third kappa shape index (κ3) is 3.07. The van der Waals surface area contributed by atoms with E-state index in [0.717, 1.165) is 27.7 Å². The highest BCUT2D eigenvalue weighted by Crippen LogP contribution is 2.20. The van der Waals surface area contributed by atoms with E-state index in [1.165, 1.54) is 0 Å². The minimum atomic E-state index is 0.0389. The molecule has 0 amide bonds. The van der Waals surface area contributed by atoms with E-state index in [0.29, 0.717) is 0 Å². The van der Waals surface area contributed by atoms with E-state index >= 15 is 0 Å². The van der Waals surface area contributed by atoms with Crippen LogP contribution in [0.3, 0.4) is 0 Å². The van der Waals surface area contributed by atoms with Crippen LogP contribution >= 0.6 is 0 Å². The molecule has 1 aromatic carbocycles. The first-order chi connectivity index (χ1) is 10.4. The Kier molecular flexibility index (Phi) is 3.89. The summed E-state index contributed by atoms with van der Waals surface area (Å²) in [5, 5.41) is 17.2. The number of aromatic amines is 1. The van der Waals surface area contributed by atoms with E-state index in [2.05, 4.69) is 15.2 Å². The van der Waals surface area contributed by atoms with Gasteiger partial charge in [-0.3, -0.25) is 10.1 Å². The quantitative estimate of drug-likeness (QED) is 0.770. The molecular formula is C17H15N3O. The van der Waals surface area contributed by atoms with Crippen molar-refractivity contribution in [2.24, 2.45) is 0 Å². The van der Waals surface area contributed by atoms with E-state index in [-0.39, 0.29) is 6.61 Å². The second-order valence-corrected chi connectivity index (χ2v) is 4.62. The first-order valence-corrected chi connectivity index (χ1v) is 6.70. The zero-order chi connectivity index (χ0) is 14.5. The molecule has 0 aliphatic rings. The first-order valence-electron chi connectivity index (χ1n) is 6.70. The number of aromatic nitrogens is 3. The number of H-pyrrole nitrogens is 1. The Bertz CT molecular complexity index is 788. The zero-order valence-corrected chi connectivity index (χ0v) is 11.4. The second-order valence-electron chi connectivity index (χ2n) is 4.62. The number of aliphatic hydroxyl groups is 1. The molecule has 2 aromatic heterocycles. The predicted molar refractivity (Wildman–Crippen MR) is 85.4 cm³/mol. The monoisotopic (exact) mass is 277 g/mol. The van der Waals surface area contributed by atoms with Gasteiger partial charge in [-0.1, -0.05) is 30.4 Å². The molecule has 0 fully saturated rings. The molecule has 0 saturated carbocycles. The van der Waals surface area contributed by atoms with Crippen molar-refractivity contribution in [3.63, 3.8) is 0 Å². The molecule has 0 spiro atoms. The molecule has 0 atom stereocenters. The van der Waals surface area contributed by atoms with Gasteiger partial charge in [0.15, 0.2) is 0 Å². The molecule has 3 rings (SSSR count). The maximum absolute atomic E-state index is 8.84. The third-order valence-electron chi connectivity index (χ3n) is 3.15. The van der Waals surface area contributed by atoms with Crippen LogP contribution in [0.5, 0.6) is 0 Å². The Morgan fingerprint density at radius 3 is 2.86 bits per heavy atom. The van der Waals surface area contributed by atoms with Gasteiger partial charge in [-0.15, -0.1) is 0 Å². The van der Waals surface area contributed by atoms with Gasteiger partial charge >= 0.3 is 0 Å². The third-order valence-corrected chi connectivity index (χ3v) is 3.15. The average molecular weight is 277 g/mol. The van der Waals surface area contributed by atoms with E-state index in [1.54, 1.807) is 18.5 Å². The fraction of sp³-hybridized carbons (Fsp3) is 0.0588. The number of rotatable bonds is 4. The van der Waals surface area contributed by atoms with Gasteiger partial charge < -0.3 is 5.11 Å². The van der Waals surface area contributed by atoms with Crippen LogP contribution in [0.15, 0.2) is 48.8 Å². The summed E-state index contributed by atoms with van der Waals surface area (Å²) < 4.78 is 0. The van der Waals surface area contributed by atoms with Crippen molar-refractivity contribution in [1.82, 2.24) is 15.2 Å². The maximum atomic E-state index is 8.84. The summed E-state index contributed by atoms with van der Waals surface area (Å²) in [7, 11) is 0. The summed E-state index contributed by atoms with van der Waals surface area (Å²) in [5.74, 6) is 0. The lowest BCUT2D eigenvalue weighted by atomic mass is 10.1. The standard InChI is InChI=1S/C17H15N3O/c21-10-2-4-13-5-7-16-15(11-13)17(20-19-16)8-6-14-3-1-9-18-12-14/h1-9,11-12,21H,10H2,(H,19,20). The molecule has 0 aliphatic heterocycles. The summed E-state index contributed by atoms with van der Waals surface area (Å²) in [6, 6.07) is 9.92. The van der Waals surface area contributed by atoms with Crippen molar-refractivity contribution in [3.8, 4) is 0 Å². The Labute approximate surface area is 122 Å². The Balaban J connectivity index is 1.95. The molecule has 0 aliphatic carbocycles. The van der Waals surface area contributed by atoms with Gasteiger partial charge in [-0.2, -0.15) is 5.10 Å². The molecule has 0 unspecified atom stereocenters. The van der Waals surface area contributed by atoms with Crippen molar-refractivity contribution >= 4 is 29.1 Å². The van der Waals surface area contributed by atoms with Crippen LogP contribution in [0.2, 0.25) is 0 Å². The molecule has 3 aromatic rings. The maximum Gasteiger partial charge on any atom is 0.0927 e. The number of benzene rings is 1. The van der Waals surface area contributed by atoms with Gasteiger partial charge in [-0.25, -0.2) is 0 Å². The number of hydrogen-bond donors (Lipinski definition) is 2. The van der Waals surface area contributed by atoms with Gasteiger partial charge in [0.05, 0.1) is 17.8 Å². The van der Waals surface area contributed by atoms with Crippen molar-refractivity contribution in [2.75, 3.05) is 6.61 Å². The van der Waals surface area contributed by atoms with Crippen LogP contribution in [-0.4, -0.2) is 26.9 Å². The fourth-order valence-electron chi connectivity index (χ4n) is 2.12. The van der Waals surface area contributed by atoms with E-state index in [4.69, 9.17) is 5.11 Å². The molecule has 21 heavy (non-hydrogen) atoms. The fourth-order valence-corrected chi connectivity index (χ4v) is 2.12. The SMILES string of the molecule is OCC=Cc1ccc2[nH]nc(C=Cc3cccnc3)c2c1. The van der Waals surface area contributed by atoms with Crippen LogP contribution in [0.4, 0.5) is 0 Å². The van der Waals surface area contributed by atoms with Crippen LogP contribution in [0.1, 0.15) is 16.8 Å². The van der Waals surface area contributed by atoms with Crippen LogP contribution < -0.4 is 0 Å². The molecule has 4 heteroatoms. The molecule has 2 N–H and O–H groups in total. The topological polar surface area (TPSA) is 61.8 Å². The number of nitrogens with zero attached hydrogens (tertiary/aromatic N) is 2. The molecule has 2 heterocycles. The highest BCUT2D eigenvalue weighted by atomic mass is 16.2. The van der Waals surface area contributed by atoms with Crippen molar-refractivity contribution in [1.29, 1.82) is 0 Å². The van der Waals surface area contributed by atoms with Crippen molar-refractivity contribution in [3.05, 3.63) is 65.6 Å². The van der Waals surface area contributed by atoms with E-state index in [1.807, 2.05) is 48.6 Å². The Morgan fingerprint density at radius 1 is 1.10 bits per heavy atom. The lowest BCUT2D eigenvalue weighted by Crippen LogP contribution is -1.77. The Morgan fingerprint density at radius 2 is 2.05 bits per heavy atom. The number of fused-ring (bicyclic) bond motifs is 1. The molecule has 4 nitrogen and oxygen atoms in total. The van der Waals surface area contributed by atoms with Crippen LogP contribution in [-0.2, 0) is 0 Å². The largest absolute Gasteiger partial charge is 0.392 e. The van der Waals surface area contributed by atoms with Gasteiger partial charge in [0, 0.05) is 17.8 Å². The lowest BCUT2D eigenvalue weighted by Gasteiger charge is -1.95. The van der Waals surface area contributed by atoms with Crippen molar-refractivity contribution in [2.45, 2.75) is 0 Å². The average Bonchev–Trinajstić information content (AvgIpc) is 2.94. The second kappa shape index (κ2) is 6.15. The number of hydrogen-bond acceptors (Lipinski definition) is 3. The van der Waals surface area contributed by atoms with Crippen molar-refractivity contribution < 1.29 is 5.11 Å². The highest BCUT2D eigenvalue weighted by molar-refractivity contribution is 5.90. The van der Waals surface area contributed by atoms with Gasteiger partial charge in [0.1, 0.15) is 0 Å². The minimum Gasteiger partial charge on any atom is -0.392 e. The lowest BCUT2D eigenvalue weighted by molar-refractivity contribution is 0.343. The molecular weight excluding hydrogens is 262 g/mol. The smallest absolute Gasteiger partial charge is 0.0927 e. The van der Waals surface area contributed by atoms with E-state index in [9.17, 15) is 0 Å². The van der Waals surface area contributed by atoms with Crippen LogP contribution in [0.25, 0.3) is 29.1 Å². The van der Waals surface area contributed by atoms with Gasteiger partial charge in [-0.05, 0) is 35.4 Å². The number of pyridine rings is 1. The summed E-state index contributed by atoms with van der Waals surface area (Å²) in [5.41, 5.74) is 3.94. The Hall–Kier alpha value is -2.72. The minimum absolute atomic E-state index is 0.0389. The summed E-state index contributed by atoms with van der Waals surface area (Å²) >= 11 is 0. The number of nitrogens with one attached hydrogen (secondary N) is 1. The highest BCUT2D eigenvalue weighted by Gasteiger charge is 2.03. The van der Waals surface area contributed by atoms with E-state index < -0.39 is 0 Å². The molecule has 104 valence electrons. The summed E-state index contributed by atoms with van der Waals surface area (Å²) in [4.78, 5) is 4.08. The zero-order valence-electron chi connectivity index (χ0n) is 11.4. The number of aliphatic hydroxyl groups excluding tert-OH is 1. The van der Waals surface area contributed by atoms with Gasteiger partial charge in [0.2, 0.25) is 0 Å². The predicted octanol–water partition coefficient (Wildman–Crippen LogP) is 3.13. The molecule has 0 radical (unpaired) electrons. The summed E-state index contributed by atoms with van der Waals surface area (Å²) in [6.45, 7) is 0.0389. The van der Waals surface area contributed by atoms with Crippen LogP contribution in [0, 0.1) is 0 Å². The molecule has 0 saturated heterocycles. The first kappa shape index (κ1) is 13.3. The van der Waals surface area contributed by atoms with Gasteiger partial charge in [0.25, 0.3) is 0 Å².